The predicted molar refractivity (Wildman–Crippen MR) is 93.7 cm³/mol. The molecule has 130 valence electrons. The Kier molecular flexibility index (Phi) is 7.72. The molecule has 0 radical (unpaired) electrons. The van der Waals surface area contributed by atoms with Gasteiger partial charge in [-0.2, -0.15) is 0 Å². The number of benzene rings is 1. The molecule has 1 aromatic carbocycles. The van der Waals surface area contributed by atoms with Gasteiger partial charge in [0, 0.05) is 35.0 Å². The lowest BCUT2D eigenvalue weighted by Gasteiger charge is -2.24. The summed E-state index contributed by atoms with van der Waals surface area (Å²) >= 11 is 0. The van der Waals surface area contributed by atoms with Gasteiger partial charge in [0.15, 0.2) is 0 Å². The third-order valence-corrected chi connectivity index (χ3v) is 4.53. The Balaban J connectivity index is 2.35. The average molecular weight is 340 g/mol. The van der Waals surface area contributed by atoms with Crippen LogP contribution in [0.2, 0.25) is 0 Å². The smallest absolute Gasteiger partial charge is 0.315 e. The van der Waals surface area contributed by atoms with Crippen molar-refractivity contribution in [1.29, 1.82) is 0 Å². The lowest BCUT2D eigenvalue weighted by Crippen LogP contribution is -2.44. The molecule has 0 bridgehead atoms. The summed E-state index contributed by atoms with van der Waals surface area (Å²) in [5.41, 5.74) is 0.0370. The zero-order chi connectivity index (χ0) is 17.5. The summed E-state index contributed by atoms with van der Waals surface area (Å²) in [7, 11) is -0.996. The molecule has 0 saturated heterocycles. The van der Waals surface area contributed by atoms with Crippen molar-refractivity contribution in [3.63, 3.8) is 0 Å². The molecule has 5 nitrogen and oxygen atoms in total. The maximum absolute atomic E-state index is 11.8. The van der Waals surface area contributed by atoms with E-state index in [1.807, 2.05) is 12.1 Å². The molecule has 0 aromatic heterocycles. The summed E-state index contributed by atoms with van der Waals surface area (Å²) in [5, 5.41) is 15.7. The van der Waals surface area contributed by atoms with Crippen molar-refractivity contribution in [1.82, 2.24) is 10.6 Å². The van der Waals surface area contributed by atoms with Gasteiger partial charge in [-0.25, -0.2) is 4.79 Å². The quantitative estimate of drug-likeness (QED) is 0.680. The van der Waals surface area contributed by atoms with Crippen LogP contribution in [-0.4, -0.2) is 33.7 Å². The Bertz CT molecular complexity index is 527. The molecule has 0 aliphatic carbocycles. The normalized spacial score (nSPS) is 15.0. The zero-order valence-corrected chi connectivity index (χ0v) is 15.2. The fourth-order valence-corrected chi connectivity index (χ4v) is 2.52. The summed E-state index contributed by atoms with van der Waals surface area (Å²) in [6, 6.07) is 6.97. The fraction of sp³-hybridized carbons (Fsp3) is 0.588. The molecule has 2 unspecified atom stereocenters. The number of nitrogens with one attached hydrogen (secondary N) is 2. The Labute approximate surface area is 141 Å². The monoisotopic (exact) mass is 340 g/mol. The first-order chi connectivity index (χ1) is 10.7. The van der Waals surface area contributed by atoms with Gasteiger partial charge in [0.1, 0.15) is 0 Å². The molecule has 23 heavy (non-hydrogen) atoms. The molecule has 0 spiro atoms. The Hall–Kier alpha value is -1.40. The van der Waals surface area contributed by atoms with Crippen molar-refractivity contribution in [2.45, 2.75) is 50.7 Å². The van der Waals surface area contributed by atoms with Crippen molar-refractivity contribution in [3.8, 4) is 0 Å². The van der Waals surface area contributed by atoms with Crippen molar-refractivity contribution in [3.05, 3.63) is 29.8 Å². The van der Waals surface area contributed by atoms with Crippen molar-refractivity contribution in [2.24, 2.45) is 5.92 Å². The molecule has 2 atom stereocenters. The number of amides is 2. The van der Waals surface area contributed by atoms with Crippen LogP contribution in [0.3, 0.4) is 0 Å². The van der Waals surface area contributed by atoms with E-state index >= 15 is 0 Å². The molecular formula is C17H28N2O3S. The highest BCUT2D eigenvalue weighted by Crippen LogP contribution is 2.15. The SMILES string of the molecule is CC(C)CCC(C)(O)CNC(=O)NCc1ccc(S(C)=O)cc1. The largest absolute Gasteiger partial charge is 0.388 e. The van der Waals surface area contributed by atoms with Crippen LogP contribution in [0, 0.1) is 5.92 Å². The first kappa shape index (κ1) is 19.6. The van der Waals surface area contributed by atoms with Gasteiger partial charge in [0.05, 0.1) is 5.60 Å². The first-order valence-corrected chi connectivity index (χ1v) is 9.42. The van der Waals surface area contributed by atoms with E-state index in [-0.39, 0.29) is 12.6 Å². The van der Waals surface area contributed by atoms with Gasteiger partial charge in [-0.15, -0.1) is 0 Å². The van der Waals surface area contributed by atoms with Gasteiger partial charge < -0.3 is 15.7 Å². The van der Waals surface area contributed by atoms with Crippen LogP contribution in [0.1, 0.15) is 39.2 Å². The fourth-order valence-electron chi connectivity index (χ4n) is 2.00. The zero-order valence-electron chi connectivity index (χ0n) is 14.4. The van der Waals surface area contributed by atoms with E-state index in [1.165, 1.54) is 0 Å². The molecule has 0 fully saturated rings. The first-order valence-electron chi connectivity index (χ1n) is 7.86. The molecular weight excluding hydrogens is 312 g/mol. The van der Waals surface area contributed by atoms with E-state index in [4.69, 9.17) is 0 Å². The van der Waals surface area contributed by atoms with E-state index < -0.39 is 16.4 Å². The maximum Gasteiger partial charge on any atom is 0.315 e. The summed E-state index contributed by atoms with van der Waals surface area (Å²) < 4.78 is 11.3. The molecule has 0 aliphatic rings. The van der Waals surface area contributed by atoms with Crippen molar-refractivity contribution >= 4 is 16.8 Å². The summed E-state index contributed by atoms with van der Waals surface area (Å²) in [6.07, 6.45) is 3.20. The third-order valence-electron chi connectivity index (χ3n) is 3.60. The molecule has 0 heterocycles. The summed E-state index contributed by atoms with van der Waals surface area (Å²) in [5.74, 6) is 0.524. The Morgan fingerprint density at radius 1 is 1.26 bits per heavy atom. The number of aliphatic hydroxyl groups is 1. The number of hydrogen-bond donors (Lipinski definition) is 3. The van der Waals surface area contributed by atoms with E-state index in [2.05, 4.69) is 24.5 Å². The van der Waals surface area contributed by atoms with Gasteiger partial charge in [-0.3, -0.25) is 4.21 Å². The lowest BCUT2D eigenvalue weighted by atomic mass is 9.95. The van der Waals surface area contributed by atoms with Gasteiger partial charge in [0.2, 0.25) is 0 Å². The van der Waals surface area contributed by atoms with Gasteiger partial charge in [-0.05, 0) is 43.4 Å². The van der Waals surface area contributed by atoms with Gasteiger partial charge in [-0.1, -0.05) is 26.0 Å². The van der Waals surface area contributed by atoms with Gasteiger partial charge in [0.25, 0.3) is 0 Å². The van der Waals surface area contributed by atoms with Gasteiger partial charge >= 0.3 is 6.03 Å². The highest BCUT2D eigenvalue weighted by atomic mass is 32.2. The minimum atomic E-state index is -0.996. The maximum atomic E-state index is 11.8. The number of urea groups is 1. The summed E-state index contributed by atoms with van der Waals surface area (Å²) in [4.78, 5) is 12.6. The second kappa shape index (κ2) is 9.03. The number of rotatable bonds is 8. The molecule has 0 saturated carbocycles. The van der Waals surface area contributed by atoms with E-state index in [1.54, 1.807) is 25.3 Å². The van der Waals surface area contributed by atoms with Crippen LogP contribution >= 0.6 is 0 Å². The van der Waals surface area contributed by atoms with Crippen LogP contribution in [0.25, 0.3) is 0 Å². The molecule has 1 aromatic rings. The predicted octanol–water partition coefficient (Wildman–Crippen LogP) is 2.41. The topological polar surface area (TPSA) is 78.4 Å². The van der Waals surface area contributed by atoms with E-state index in [0.717, 1.165) is 16.9 Å². The molecule has 0 aliphatic heterocycles. The van der Waals surface area contributed by atoms with Crippen molar-refractivity contribution in [2.75, 3.05) is 12.8 Å². The van der Waals surface area contributed by atoms with Crippen LogP contribution < -0.4 is 10.6 Å². The van der Waals surface area contributed by atoms with Crippen LogP contribution in [0.5, 0.6) is 0 Å². The summed E-state index contributed by atoms with van der Waals surface area (Å²) in [6.45, 7) is 6.56. The highest BCUT2D eigenvalue weighted by Gasteiger charge is 2.21. The number of carbonyl (C=O) groups excluding carboxylic acids is 1. The van der Waals surface area contributed by atoms with Crippen molar-refractivity contribution < 1.29 is 14.1 Å². The third kappa shape index (κ3) is 8.13. The Morgan fingerprint density at radius 3 is 2.39 bits per heavy atom. The molecule has 1 rings (SSSR count). The molecule has 6 heteroatoms. The second-order valence-corrected chi connectivity index (χ2v) is 7.94. The van der Waals surface area contributed by atoms with Crippen LogP contribution in [-0.2, 0) is 17.3 Å². The minimum Gasteiger partial charge on any atom is -0.388 e. The molecule has 3 N–H and O–H groups in total. The standard InChI is InChI=1S/C17H28N2O3S/c1-13(2)9-10-17(3,21)12-19-16(20)18-11-14-5-7-15(8-6-14)23(4)22/h5-8,13,21H,9-12H2,1-4H3,(H2,18,19,20). The second-order valence-electron chi connectivity index (χ2n) is 6.56. The Morgan fingerprint density at radius 2 is 1.87 bits per heavy atom. The van der Waals surface area contributed by atoms with Crippen LogP contribution in [0.15, 0.2) is 29.2 Å². The highest BCUT2D eigenvalue weighted by molar-refractivity contribution is 7.84. The minimum absolute atomic E-state index is 0.222. The van der Waals surface area contributed by atoms with E-state index in [9.17, 15) is 14.1 Å². The average Bonchev–Trinajstić information content (AvgIpc) is 2.49. The van der Waals surface area contributed by atoms with Crippen LogP contribution in [0.4, 0.5) is 4.79 Å². The van der Waals surface area contributed by atoms with E-state index in [0.29, 0.717) is 18.9 Å². The number of hydrogen-bond acceptors (Lipinski definition) is 3. The molecule has 2 amide bonds. The lowest BCUT2D eigenvalue weighted by molar-refractivity contribution is 0.0476. The number of carbonyl (C=O) groups is 1.